The molecule has 0 aliphatic carbocycles. The summed E-state index contributed by atoms with van der Waals surface area (Å²) in [6, 6.07) is 0. The number of sulfonamides is 1. The highest BCUT2D eigenvalue weighted by molar-refractivity contribution is 7.89. The van der Waals surface area contributed by atoms with E-state index in [0.29, 0.717) is 12.5 Å². The third-order valence-electron chi connectivity index (χ3n) is 1.60. The van der Waals surface area contributed by atoms with Crippen LogP contribution in [0.2, 0.25) is 0 Å². The number of nitrogens with one attached hydrogen (secondary N) is 1. The van der Waals surface area contributed by atoms with Gasteiger partial charge in [-0.15, -0.1) is 0 Å². The van der Waals surface area contributed by atoms with Gasteiger partial charge in [0.05, 0.1) is 5.75 Å². The van der Waals surface area contributed by atoms with Gasteiger partial charge < -0.3 is 0 Å². The van der Waals surface area contributed by atoms with Crippen molar-refractivity contribution < 1.29 is 8.42 Å². The van der Waals surface area contributed by atoms with Crippen LogP contribution in [-0.4, -0.2) is 20.7 Å². The van der Waals surface area contributed by atoms with Crippen molar-refractivity contribution in [1.82, 2.24) is 4.72 Å². The first-order valence-electron chi connectivity index (χ1n) is 4.81. The minimum absolute atomic E-state index is 0.191. The lowest BCUT2D eigenvalue weighted by Gasteiger charge is -2.09. The first-order chi connectivity index (χ1) is 5.83. The Kier molecular flexibility index (Phi) is 5.56. The molecular weight excluding hydrogens is 186 g/mol. The van der Waals surface area contributed by atoms with Crippen LogP contribution >= 0.6 is 0 Å². The molecule has 3 nitrogen and oxygen atoms in total. The van der Waals surface area contributed by atoms with Crippen LogP contribution in [0.3, 0.4) is 0 Å². The van der Waals surface area contributed by atoms with Crippen molar-refractivity contribution in [3.05, 3.63) is 0 Å². The first-order valence-corrected chi connectivity index (χ1v) is 6.46. The van der Waals surface area contributed by atoms with Gasteiger partial charge >= 0.3 is 0 Å². The second kappa shape index (κ2) is 5.60. The summed E-state index contributed by atoms with van der Waals surface area (Å²) in [5.74, 6) is 0.962. The van der Waals surface area contributed by atoms with Crippen molar-refractivity contribution >= 4 is 10.0 Å². The average molecular weight is 207 g/mol. The highest BCUT2D eigenvalue weighted by Gasteiger charge is 2.11. The molecule has 80 valence electrons. The topological polar surface area (TPSA) is 46.2 Å². The molecule has 0 unspecified atom stereocenters. The third kappa shape index (κ3) is 8.25. The van der Waals surface area contributed by atoms with Crippen LogP contribution in [0.4, 0.5) is 0 Å². The van der Waals surface area contributed by atoms with Gasteiger partial charge in [-0.1, -0.05) is 27.7 Å². The quantitative estimate of drug-likeness (QED) is 0.719. The van der Waals surface area contributed by atoms with Crippen LogP contribution in [0, 0.1) is 11.8 Å². The lowest BCUT2D eigenvalue weighted by atomic mass is 10.1. The van der Waals surface area contributed by atoms with Crippen molar-refractivity contribution in [2.45, 2.75) is 34.1 Å². The zero-order valence-electron chi connectivity index (χ0n) is 9.00. The maximum atomic E-state index is 11.3. The predicted octanol–water partition coefficient (Wildman–Crippen LogP) is 1.61. The number of hydrogen-bond donors (Lipinski definition) is 1. The van der Waals surface area contributed by atoms with E-state index in [1.807, 2.05) is 13.8 Å². The maximum Gasteiger partial charge on any atom is 0.211 e. The summed E-state index contributed by atoms with van der Waals surface area (Å²) in [5, 5.41) is 0. The second-order valence-electron chi connectivity index (χ2n) is 4.25. The molecule has 0 aromatic rings. The fraction of sp³-hybridized carbons (Fsp3) is 1.00. The monoisotopic (exact) mass is 207 g/mol. The molecular formula is C9H21NO2S. The van der Waals surface area contributed by atoms with Gasteiger partial charge in [-0.3, -0.25) is 0 Å². The van der Waals surface area contributed by atoms with Gasteiger partial charge in [0.2, 0.25) is 10.0 Å². The highest BCUT2D eigenvalue weighted by Crippen LogP contribution is 2.00. The molecule has 0 amide bonds. The van der Waals surface area contributed by atoms with Crippen molar-refractivity contribution in [1.29, 1.82) is 0 Å². The summed E-state index contributed by atoms with van der Waals surface area (Å²) in [6.45, 7) is 8.53. The zero-order chi connectivity index (χ0) is 10.5. The van der Waals surface area contributed by atoms with E-state index in [1.54, 1.807) is 0 Å². The molecule has 0 bridgehead atoms. The molecule has 0 aromatic carbocycles. The van der Waals surface area contributed by atoms with Gasteiger partial charge in [-0.2, -0.15) is 0 Å². The Morgan fingerprint density at radius 3 is 2.00 bits per heavy atom. The van der Waals surface area contributed by atoms with Gasteiger partial charge in [0.25, 0.3) is 0 Å². The normalized spacial score (nSPS) is 12.8. The SMILES string of the molecule is CC(C)CCNS(=O)(=O)CC(C)C. The molecule has 0 saturated carbocycles. The fourth-order valence-electron chi connectivity index (χ4n) is 1.00. The first kappa shape index (κ1) is 12.9. The van der Waals surface area contributed by atoms with Crippen LogP contribution in [0.1, 0.15) is 34.1 Å². The third-order valence-corrected chi connectivity index (χ3v) is 3.35. The molecule has 0 rings (SSSR count). The van der Waals surface area contributed by atoms with Gasteiger partial charge in [-0.05, 0) is 18.3 Å². The van der Waals surface area contributed by atoms with Gasteiger partial charge in [0.15, 0.2) is 0 Å². The molecule has 4 heteroatoms. The Morgan fingerprint density at radius 2 is 1.62 bits per heavy atom. The summed E-state index contributed by atoms with van der Waals surface area (Å²) < 4.78 is 25.2. The fourth-order valence-corrected chi connectivity index (χ4v) is 2.43. The number of rotatable bonds is 6. The van der Waals surface area contributed by atoms with E-state index >= 15 is 0 Å². The van der Waals surface area contributed by atoms with E-state index in [2.05, 4.69) is 18.6 Å². The van der Waals surface area contributed by atoms with Crippen molar-refractivity contribution in [2.75, 3.05) is 12.3 Å². The largest absolute Gasteiger partial charge is 0.215 e. The second-order valence-corrected chi connectivity index (χ2v) is 6.10. The Hall–Kier alpha value is -0.0900. The molecule has 0 spiro atoms. The Bertz CT molecular complexity index is 220. The van der Waals surface area contributed by atoms with Gasteiger partial charge in [-0.25, -0.2) is 13.1 Å². The van der Waals surface area contributed by atoms with Crippen LogP contribution in [-0.2, 0) is 10.0 Å². The van der Waals surface area contributed by atoms with Gasteiger partial charge in [0.1, 0.15) is 0 Å². The minimum atomic E-state index is -3.03. The Labute approximate surface area is 82.0 Å². The smallest absolute Gasteiger partial charge is 0.211 e. The zero-order valence-corrected chi connectivity index (χ0v) is 9.82. The average Bonchev–Trinajstić information content (AvgIpc) is 1.81. The molecule has 13 heavy (non-hydrogen) atoms. The van der Waals surface area contributed by atoms with Crippen LogP contribution in [0.5, 0.6) is 0 Å². The summed E-state index contributed by atoms with van der Waals surface area (Å²) in [6.07, 6.45) is 0.900. The van der Waals surface area contributed by atoms with Crippen LogP contribution in [0.25, 0.3) is 0 Å². The van der Waals surface area contributed by atoms with E-state index in [9.17, 15) is 8.42 Å². The molecule has 0 fully saturated rings. The summed E-state index contributed by atoms with van der Waals surface area (Å²) >= 11 is 0. The van der Waals surface area contributed by atoms with E-state index < -0.39 is 10.0 Å². The van der Waals surface area contributed by atoms with Crippen LogP contribution < -0.4 is 4.72 Å². The Balaban J connectivity index is 3.77. The molecule has 1 N–H and O–H groups in total. The van der Waals surface area contributed by atoms with Crippen molar-refractivity contribution in [2.24, 2.45) is 11.8 Å². The maximum absolute atomic E-state index is 11.3. The lowest BCUT2D eigenvalue weighted by Crippen LogP contribution is -2.29. The van der Waals surface area contributed by atoms with Crippen molar-refractivity contribution in [3.8, 4) is 0 Å². The van der Waals surface area contributed by atoms with Crippen molar-refractivity contribution in [3.63, 3.8) is 0 Å². The molecule has 0 heterocycles. The lowest BCUT2D eigenvalue weighted by molar-refractivity contribution is 0.544. The molecule has 0 saturated heterocycles. The van der Waals surface area contributed by atoms with E-state index in [0.717, 1.165) is 6.42 Å². The summed E-state index contributed by atoms with van der Waals surface area (Å²) in [4.78, 5) is 0. The molecule has 0 atom stereocenters. The predicted molar refractivity (Wildman–Crippen MR) is 56.1 cm³/mol. The number of hydrogen-bond acceptors (Lipinski definition) is 2. The van der Waals surface area contributed by atoms with Crippen LogP contribution in [0.15, 0.2) is 0 Å². The Morgan fingerprint density at radius 1 is 1.08 bits per heavy atom. The van der Waals surface area contributed by atoms with E-state index in [-0.39, 0.29) is 11.7 Å². The highest BCUT2D eigenvalue weighted by atomic mass is 32.2. The van der Waals surface area contributed by atoms with E-state index in [4.69, 9.17) is 0 Å². The minimum Gasteiger partial charge on any atom is -0.215 e. The molecule has 0 aromatic heterocycles. The summed E-state index contributed by atoms with van der Waals surface area (Å²) in [7, 11) is -3.03. The molecule has 0 aliphatic rings. The van der Waals surface area contributed by atoms with E-state index in [1.165, 1.54) is 0 Å². The van der Waals surface area contributed by atoms with Gasteiger partial charge in [0, 0.05) is 6.54 Å². The molecule has 0 radical (unpaired) electrons. The summed E-state index contributed by atoms with van der Waals surface area (Å²) in [5.41, 5.74) is 0. The standard InChI is InChI=1S/C9H21NO2S/c1-8(2)5-6-10-13(11,12)7-9(3)4/h8-10H,5-7H2,1-4H3. The molecule has 0 aliphatic heterocycles.